The van der Waals surface area contributed by atoms with Crippen LogP contribution in [-0.4, -0.2) is 34.7 Å². The molecule has 0 aliphatic carbocycles. The van der Waals surface area contributed by atoms with Crippen molar-refractivity contribution in [3.63, 3.8) is 0 Å². The van der Waals surface area contributed by atoms with Crippen LogP contribution in [0.15, 0.2) is 28.9 Å². The molecule has 0 aromatic carbocycles. The van der Waals surface area contributed by atoms with Crippen molar-refractivity contribution in [3.8, 4) is 0 Å². The second-order valence-corrected chi connectivity index (χ2v) is 5.15. The highest BCUT2D eigenvalue weighted by Gasteiger charge is 2.30. The van der Waals surface area contributed by atoms with Gasteiger partial charge in [0.25, 0.3) is 0 Å². The van der Waals surface area contributed by atoms with Crippen LogP contribution in [0.4, 0.5) is 5.82 Å². The summed E-state index contributed by atoms with van der Waals surface area (Å²) in [5.74, 6) is 1.25. The fourth-order valence-corrected chi connectivity index (χ4v) is 2.71. The third kappa shape index (κ3) is 2.80. The number of aromatic carboxylic acids is 1. The van der Waals surface area contributed by atoms with Crippen LogP contribution in [0, 0.1) is 0 Å². The Balaban J connectivity index is 1.81. The van der Waals surface area contributed by atoms with Gasteiger partial charge in [-0.25, -0.2) is 14.8 Å². The zero-order chi connectivity index (χ0) is 15.5. The summed E-state index contributed by atoms with van der Waals surface area (Å²) in [4.78, 5) is 21.1. The van der Waals surface area contributed by atoms with Gasteiger partial charge < -0.3 is 19.2 Å². The maximum atomic E-state index is 10.8. The summed E-state index contributed by atoms with van der Waals surface area (Å²) in [7, 11) is 1.63. The smallest absolute Gasteiger partial charge is 0.356 e. The zero-order valence-corrected chi connectivity index (χ0v) is 12.2. The summed E-state index contributed by atoms with van der Waals surface area (Å²) in [6.45, 7) is 1.28. The number of methoxy groups -OCH3 is 1. The Morgan fingerprint density at radius 3 is 3.00 bits per heavy atom. The normalized spacial score (nSPS) is 17.9. The zero-order valence-electron chi connectivity index (χ0n) is 12.2. The third-order valence-corrected chi connectivity index (χ3v) is 3.70. The van der Waals surface area contributed by atoms with Crippen molar-refractivity contribution < 1.29 is 19.1 Å². The molecule has 1 fully saturated rings. The highest BCUT2D eigenvalue weighted by molar-refractivity contribution is 5.84. The van der Waals surface area contributed by atoms with Gasteiger partial charge in [0.15, 0.2) is 5.69 Å². The minimum Gasteiger partial charge on any atom is -0.476 e. The first kappa shape index (κ1) is 14.5. The lowest BCUT2D eigenvalue weighted by atomic mass is 10.1. The Morgan fingerprint density at radius 1 is 1.45 bits per heavy atom. The van der Waals surface area contributed by atoms with Crippen molar-refractivity contribution in [3.05, 3.63) is 41.7 Å². The van der Waals surface area contributed by atoms with E-state index in [9.17, 15) is 4.79 Å². The molecule has 0 radical (unpaired) electrons. The number of hydrogen-bond donors (Lipinski definition) is 1. The number of nitrogens with zero attached hydrogens (tertiary/aromatic N) is 3. The van der Waals surface area contributed by atoms with Gasteiger partial charge in [0, 0.05) is 13.7 Å². The van der Waals surface area contributed by atoms with E-state index in [4.69, 9.17) is 14.3 Å². The van der Waals surface area contributed by atoms with Gasteiger partial charge in [-0.1, -0.05) is 0 Å². The number of carboxylic acid groups (broad SMARTS) is 1. The van der Waals surface area contributed by atoms with E-state index in [0.29, 0.717) is 12.4 Å². The van der Waals surface area contributed by atoms with E-state index in [-0.39, 0.29) is 11.7 Å². The minimum absolute atomic E-state index is 0.0557. The van der Waals surface area contributed by atoms with Crippen LogP contribution < -0.4 is 4.90 Å². The molecule has 1 unspecified atom stereocenters. The van der Waals surface area contributed by atoms with Gasteiger partial charge in [-0.3, -0.25) is 0 Å². The van der Waals surface area contributed by atoms with E-state index in [0.717, 1.165) is 30.9 Å². The molecule has 2 aromatic heterocycles. The summed E-state index contributed by atoms with van der Waals surface area (Å²) in [5.41, 5.74) is -0.0557. The number of carboxylic acids is 1. The van der Waals surface area contributed by atoms with Crippen molar-refractivity contribution in [2.75, 3.05) is 18.6 Å². The van der Waals surface area contributed by atoms with Crippen LogP contribution in [-0.2, 0) is 11.3 Å². The van der Waals surface area contributed by atoms with Crippen LogP contribution >= 0.6 is 0 Å². The average molecular weight is 303 g/mol. The van der Waals surface area contributed by atoms with Crippen LogP contribution in [0.5, 0.6) is 0 Å². The second-order valence-electron chi connectivity index (χ2n) is 5.15. The molecule has 1 N–H and O–H groups in total. The average Bonchev–Trinajstić information content (AvgIpc) is 3.16. The van der Waals surface area contributed by atoms with E-state index in [1.807, 2.05) is 12.1 Å². The van der Waals surface area contributed by atoms with Gasteiger partial charge >= 0.3 is 5.97 Å². The molecule has 0 amide bonds. The van der Waals surface area contributed by atoms with Crippen LogP contribution in [0.25, 0.3) is 0 Å². The van der Waals surface area contributed by atoms with Crippen LogP contribution in [0.2, 0.25) is 0 Å². The molecular formula is C15H17N3O4. The molecule has 1 saturated heterocycles. The Bertz CT molecular complexity index is 653. The summed E-state index contributed by atoms with van der Waals surface area (Å²) in [6.07, 6.45) is 4.77. The molecular weight excluding hydrogens is 286 g/mol. The van der Waals surface area contributed by atoms with Crippen molar-refractivity contribution >= 4 is 11.8 Å². The molecule has 22 heavy (non-hydrogen) atoms. The first-order valence-corrected chi connectivity index (χ1v) is 7.08. The Labute approximate surface area is 127 Å². The van der Waals surface area contributed by atoms with E-state index in [1.54, 1.807) is 7.11 Å². The van der Waals surface area contributed by atoms with Gasteiger partial charge in [-0.2, -0.15) is 0 Å². The molecule has 7 heteroatoms. The number of aromatic nitrogens is 2. The first-order valence-electron chi connectivity index (χ1n) is 7.08. The number of ether oxygens (including phenoxy) is 1. The monoisotopic (exact) mass is 303 g/mol. The van der Waals surface area contributed by atoms with Gasteiger partial charge in [0.2, 0.25) is 0 Å². The molecule has 1 aliphatic heterocycles. The van der Waals surface area contributed by atoms with Crippen molar-refractivity contribution in [1.29, 1.82) is 0 Å². The summed E-state index contributed by atoms with van der Waals surface area (Å²) >= 11 is 0. The van der Waals surface area contributed by atoms with Gasteiger partial charge in [0.1, 0.15) is 23.9 Å². The highest BCUT2D eigenvalue weighted by atomic mass is 16.5. The predicted molar refractivity (Wildman–Crippen MR) is 77.7 cm³/mol. The Hall–Kier alpha value is -2.41. The van der Waals surface area contributed by atoms with Gasteiger partial charge in [-0.05, 0) is 25.0 Å². The molecule has 0 bridgehead atoms. The lowest BCUT2D eigenvalue weighted by Crippen LogP contribution is -2.23. The molecule has 0 saturated carbocycles. The van der Waals surface area contributed by atoms with E-state index in [1.165, 1.54) is 12.4 Å². The molecule has 2 aromatic rings. The van der Waals surface area contributed by atoms with Crippen LogP contribution in [0.1, 0.15) is 40.9 Å². The second kappa shape index (κ2) is 6.15. The Kier molecular flexibility index (Phi) is 4.06. The largest absolute Gasteiger partial charge is 0.476 e. The van der Waals surface area contributed by atoms with Gasteiger partial charge in [-0.15, -0.1) is 0 Å². The summed E-state index contributed by atoms with van der Waals surface area (Å²) < 4.78 is 10.9. The molecule has 1 atom stereocenters. The SMILES string of the molecule is COCc1ccc(C2CCCN2c2cnc(C(=O)O)cn2)o1. The van der Waals surface area contributed by atoms with Gasteiger partial charge in [0.05, 0.1) is 18.4 Å². The maximum absolute atomic E-state index is 10.8. The quantitative estimate of drug-likeness (QED) is 0.906. The topological polar surface area (TPSA) is 88.7 Å². The maximum Gasteiger partial charge on any atom is 0.356 e. The lowest BCUT2D eigenvalue weighted by molar-refractivity contribution is 0.0690. The molecule has 3 heterocycles. The molecule has 116 valence electrons. The number of anilines is 1. The number of carbonyl (C=O) groups is 1. The number of hydrogen-bond acceptors (Lipinski definition) is 6. The highest BCUT2D eigenvalue weighted by Crippen LogP contribution is 2.35. The van der Waals surface area contributed by atoms with E-state index < -0.39 is 5.97 Å². The fourth-order valence-electron chi connectivity index (χ4n) is 2.71. The molecule has 1 aliphatic rings. The lowest BCUT2D eigenvalue weighted by Gasteiger charge is -2.23. The Morgan fingerprint density at radius 2 is 2.32 bits per heavy atom. The molecule has 0 spiro atoms. The first-order chi connectivity index (χ1) is 10.7. The third-order valence-electron chi connectivity index (χ3n) is 3.70. The number of rotatable bonds is 5. The number of furan rings is 1. The summed E-state index contributed by atoms with van der Waals surface area (Å²) in [6, 6.07) is 3.96. The van der Waals surface area contributed by atoms with E-state index in [2.05, 4.69) is 14.9 Å². The summed E-state index contributed by atoms with van der Waals surface area (Å²) in [5, 5.41) is 8.88. The minimum atomic E-state index is -1.08. The molecule has 3 rings (SSSR count). The molecule has 7 nitrogen and oxygen atoms in total. The standard InChI is InChI=1S/C15H17N3O4/c1-21-9-10-4-5-13(22-10)12-3-2-6-18(12)14-8-16-11(7-17-14)15(19)20/h4-5,7-8,12H,2-3,6,9H2,1H3,(H,19,20). The van der Waals surface area contributed by atoms with Crippen molar-refractivity contribution in [2.45, 2.75) is 25.5 Å². The van der Waals surface area contributed by atoms with Crippen molar-refractivity contribution in [1.82, 2.24) is 9.97 Å². The fraction of sp³-hybridized carbons (Fsp3) is 0.400. The van der Waals surface area contributed by atoms with Crippen LogP contribution in [0.3, 0.4) is 0 Å². The van der Waals surface area contributed by atoms with Crippen molar-refractivity contribution in [2.24, 2.45) is 0 Å². The predicted octanol–water partition coefficient (Wildman–Crippen LogP) is 2.26. The van der Waals surface area contributed by atoms with E-state index >= 15 is 0 Å².